The Bertz CT molecular complexity index is 463. The molecule has 142 valence electrons. The molecule has 0 radical (unpaired) electrons. The van der Waals surface area contributed by atoms with E-state index in [-0.39, 0.29) is 18.3 Å². The molecule has 0 N–H and O–H groups in total. The third kappa shape index (κ3) is 5.63. The highest BCUT2D eigenvalue weighted by Gasteiger charge is 2.50. The predicted octanol–water partition coefficient (Wildman–Crippen LogP) is 3.69. The van der Waals surface area contributed by atoms with Crippen molar-refractivity contribution >= 4 is 28.9 Å². The van der Waals surface area contributed by atoms with Crippen LogP contribution in [0.3, 0.4) is 0 Å². The van der Waals surface area contributed by atoms with Gasteiger partial charge in [0.1, 0.15) is 12.2 Å². The fraction of sp³-hybridized carbons (Fsp3) is 1.00. The molecule has 0 aromatic heterocycles. The molecule has 0 bridgehead atoms. The SMILES string of the molecule is CCOP(=S)(OCC)SC[C@H]1OC(C)(C)O[C@@H]1[C@@H]1COC(C)(C)O1. The first kappa shape index (κ1) is 21.1. The van der Waals surface area contributed by atoms with Crippen molar-refractivity contribution in [1.29, 1.82) is 0 Å². The summed E-state index contributed by atoms with van der Waals surface area (Å²) in [7, 11) is 0. The van der Waals surface area contributed by atoms with Crippen molar-refractivity contribution in [2.45, 2.75) is 71.4 Å². The van der Waals surface area contributed by atoms with Gasteiger partial charge in [0.15, 0.2) is 11.6 Å². The second-order valence-corrected chi connectivity index (χ2v) is 12.9. The lowest BCUT2D eigenvalue weighted by molar-refractivity contribution is -0.174. The second kappa shape index (κ2) is 8.19. The van der Waals surface area contributed by atoms with Gasteiger partial charge >= 0.3 is 0 Å². The quantitative estimate of drug-likeness (QED) is 0.572. The summed E-state index contributed by atoms with van der Waals surface area (Å²) in [5, 5.41) is 0. The fourth-order valence-corrected chi connectivity index (χ4v) is 7.47. The maximum Gasteiger partial charge on any atom is 0.247 e. The van der Waals surface area contributed by atoms with Gasteiger partial charge in [-0.2, -0.15) is 0 Å². The Kier molecular flexibility index (Phi) is 7.19. The lowest BCUT2D eigenvalue weighted by atomic mass is 10.1. The van der Waals surface area contributed by atoms with Crippen molar-refractivity contribution in [3.63, 3.8) is 0 Å². The van der Waals surface area contributed by atoms with Crippen LogP contribution in [0.15, 0.2) is 0 Å². The molecule has 2 fully saturated rings. The zero-order valence-electron chi connectivity index (χ0n) is 15.3. The van der Waals surface area contributed by atoms with Crippen molar-refractivity contribution in [2.24, 2.45) is 0 Å². The zero-order chi connectivity index (χ0) is 18.0. The molecule has 9 heteroatoms. The van der Waals surface area contributed by atoms with E-state index in [1.807, 2.05) is 41.5 Å². The molecule has 0 spiro atoms. The minimum Gasteiger partial charge on any atom is -0.348 e. The van der Waals surface area contributed by atoms with E-state index in [1.165, 1.54) is 11.4 Å². The van der Waals surface area contributed by atoms with E-state index in [9.17, 15) is 0 Å². The standard InChI is InChI=1S/C15H29O6PS2/c1-7-17-22(23,18-8-2)24-10-12-13(21-15(5,6)20-12)11-9-16-14(3,4)19-11/h11-13H,7-10H2,1-6H3/t11-,12+,13+/m0/s1. The Morgan fingerprint density at radius 2 is 1.67 bits per heavy atom. The molecule has 0 aliphatic carbocycles. The minimum absolute atomic E-state index is 0.157. The third-order valence-electron chi connectivity index (χ3n) is 3.59. The Morgan fingerprint density at radius 3 is 2.17 bits per heavy atom. The Labute approximate surface area is 154 Å². The van der Waals surface area contributed by atoms with Crippen LogP contribution >= 0.6 is 17.1 Å². The van der Waals surface area contributed by atoms with Gasteiger partial charge < -0.3 is 28.0 Å². The first-order chi connectivity index (χ1) is 11.1. The molecule has 2 saturated heterocycles. The van der Waals surface area contributed by atoms with Crippen molar-refractivity contribution in [3.05, 3.63) is 0 Å². The first-order valence-electron chi connectivity index (χ1n) is 8.31. The normalized spacial score (nSPS) is 32.3. The maximum absolute atomic E-state index is 6.08. The summed E-state index contributed by atoms with van der Waals surface area (Å²) < 4.78 is 35.2. The maximum atomic E-state index is 6.08. The highest BCUT2D eigenvalue weighted by Crippen LogP contribution is 2.61. The molecule has 0 aromatic carbocycles. The molecule has 6 nitrogen and oxygen atoms in total. The summed E-state index contributed by atoms with van der Waals surface area (Å²) in [6.07, 6.45) is -0.527. The van der Waals surface area contributed by atoms with Gasteiger partial charge in [0, 0.05) is 5.75 Å². The molecule has 2 heterocycles. The van der Waals surface area contributed by atoms with Gasteiger partial charge in [-0.15, -0.1) is 0 Å². The smallest absolute Gasteiger partial charge is 0.247 e. The molecular weight excluding hydrogens is 371 g/mol. The molecule has 24 heavy (non-hydrogen) atoms. The van der Waals surface area contributed by atoms with Gasteiger partial charge in [-0.25, -0.2) is 0 Å². The van der Waals surface area contributed by atoms with E-state index in [4.69, 9.17) is 39.8 Å². The van der Waals surface area contributed by atoms with Crippen molar-refractivity contribution in [2.75, 3.05) is 25.6 Å². The molecule has 2 aliphatic heterocycles. The second-order valence-electron chi connectivity index (χ2n) is 6.58. The van der Waals surface area contributed by atoms with Crippen LogP contribution in [0.5, 0.6) is 0 Å². The molecule has 2 aliphatic rings. The van der Waals surface area contributed by atoms with Gasteiger partial charge in [0.05, 0.1) is 25.9 Å². The monoisotopic (exact) mass is 400 g/mol. The van der Waals surface area contributed by atoms with Gasteiger partial charge in [0.25, 0.3) is 0 Å². The lowest BCUT2D eigenvalue weighted by Gasteiger charge is -2.25. The Morgan fingerprint density at radius 1 is 1.04 bits per heavy atom. The van der Waals surface area contributed by atoms with Crippen LogP contribution in [-0.4, -0.2) is 55.5 Å². The summed E-state index contributed by atoms with van der Waals surface area (Å²) in [5.41, 5.74) is -2.35. The number of rotatable bonds is 8. The number of hydrogen-bond acceptors (Lipinski definition) is 8. The zero-order valence-corrected chi connectivity index (χ0v) is 17.8. The molecule has 0 amide bonds. The molecule has 2 rings (SSSR count). The van der Waals surface area contributed by atoms with Crippen molar-refractivity contribution in [3.8, 4) is 0 Å². The van der Waals surface area contributed by atoms with E-state index >= 15 is 0 Å². The summed E-state index contributed by atoms with van der Waals surface area (Å²) >= 11 is 7.09. The summed E-state index contributed by atoms with van der Waals surface area (Å²) in [5.74, 6) is -0.624. The van der Waals surface area contributed by atoms with E-state index in [1.54, 1.807) is 0 Å². The number of ether oxygens (including phenoxy) is 4. The average Bonchev–Trinajstić information content (AvgIpc) is 2.96. The van der Waals surface area contributed by atoms with E-state index in [0.29, 0.717) is 25.6 Å². The van der Waals surface area contributed by atoms with Crippen LogP contribution in [0.1, 0.15) is 41.5 Å². The van der Waals surface area contributed by atoms with Crippen molar-refractivity contribution < 1.29 is 28.0 Å². The molecule has 0 unspecified atom stereocenters. The summed E-state index contributed by atoms with van der Waals surface area (Å²) in [6.45, 7) is 13.0. The van der Waals surface area contributed by atoms with Crippen LogP contribution in [-0.2, 0) is 39.8 Å². The fourth-order valence-electron chi connectivity index (χ4n) is 2.78. The van der Waals surface area contributed by atoms with Crippen LogP contribution in [0.25, 0.3) is 0 Å². The van der Waals surface area contributed by atoms with Gasteiger partial charge in [-0.3, -0.25) is 0 Å². The summed E-state index contributed by atoms with van der Waals surface area (Å²) in [6, 6.07) is 0. The van der Waals surface area contributed by atoms with Gasteiger partial charge in [-0.1, -0.05) is 11.4 Å². The van der Waals surface area contributed by atoms with Crippen LogP contribution in [0.4, 0.5) is 0 Å². The summed E-state index contributed by atoms with van der Waals surface area (Å²) in [4.78, 5) is 0. The predicted molar refractivity (Wildman–Crippen MR) is 98.7 cm³/mol. The third-order valence-corrected chi connectivity index (χ3v) is 9.14. The number of hydrogen-bond donors (Lipinski definition) is 0. The Balaban J connectivity index is 2.02. The van der Waals surface area contributed by atoms with Crippen LogP contribution in [0.2, 0.25) is 0 Å². The van der Waals surface area contributed by atoms with Crippen molar-refractivity contribution in [1.82, 2.24) is 0 Å². The highest BCUT2D eigenvalue weighted by atomic mass is 32.9. The van der Waals surface area contributed by atoms with Gasteiger partial charge in [-0.05, 0) is 53.3 Å². The Hall–Kier alpha value is 0.760. The first-order valence-corrected chi connectivity index (χ1v) is 12.5. The molecular formula is C15H29O6PS2. The van der Waals surface area contributed by atoms with E-state index in [2.05, 4.69) is 0 Å². The molecule has 0 aromatic rings. The minimum atomic E-state index is -2.35. The topological polar surface area (TPSA) is 55.4 Å². The largest absolute Gasteiger partial charge is 0.348 e. The average molecular weight is 400 g/mol. The lowest BCUT2D eigenvalue weighted by Crippen LogP contribution is -2.39. The van der Waals surface area contributed by atoms with Crippen LogP contribution < -0.4 is 0 Å². The van der Waals surface area contributed by atoms with Gasteiger partial charge in [0.2, 0.25) is 5.69 Å². The van der Waals surface area contributed by atoms with E-state index in [0.717, 1.165) is 0 Å². The van der Waals surface area contributed by atoms with Crippen LogP contribution in [0, 0.1) is 0 Å². The molecule has 0 saturated carbocycles. The highest BCUT2D eigenvalue weighted by molar-refractivity contribution is 8.67. The molecule has 3 atom stereocenters. The van der Waals surface area contributed by atoms with E-state index < -0.39 is 17.3 Å².